The highest BCUT2D eigenvalue weighted by molar-refractivity contribution is 5.94. The van der Waals surface area contributed by atoms with E-state index in [0.29, 0.717) is 23.8 Å². The van der Waals surface area contributed by atoms with Crippen molar-refractivity contribution in [3.63, 3.8) is 0 Å². The van der Waals surface area contributed by atoms with Crippen LogP contribution in [0.1, 0.15) is 45.1 Å². The molecule has 2 atom stereocenters. The second kappa shape index (κ2) is 8.51. The van der Waals surface area contributed by atoms with Crippen molar-refractivity contribution in [2.75, 3.05) is 11.1 Å². The molecule has 0 aliphatic heterocycles. The van der Waals surface area contributed by atoms with E-state index in [0.717, 1.165) is 12.0 Å². The number of nitrogens with two attached hydrogens (primary N) is 1. The van der Waals surface area contributed by atoms with Crippen LogP contribution in [-0.2, 0) is 4.79 Å². The lowest BCUT2D eigenvalue weighted by Gasteiger charge is -2.21. The van der Waals surface area contributed by atoms with Gasteiger partial charge in [-0.3, -0.25) is 4.79 Å². The Kier molecular flexibility index (Phi) is 6.39. The van der Waals surface area contributed by atoms with Gasteiger partial charge in [0.1, 0.15) is 11.6 Å². The molecule has 25 heavy (non-hydrogen) atoms. The highest BCUT2D eigenvalue weighted by Crippen LogP contribution is 2.29. The molecular weight excluding hydrogens is 319 g/mol. The number of carbonyl (C=O) groups excluding carboxylic acids is 1. The zero-order chi connectivity index (χ0) is 18.4. The summed E-state index contributed by atoms with van der Waals surface area (Å²) in [5.74, 6) is 0.0818. The van der Waals surface area contributed by atoms with Gasteiger partial charge in [0.25, 0.3) is 5.91 Å². The van der Waals surface area contributed by atoms with E-state index in [1.54, 1.807) is 0 Å². The van der Waals surface area contributed by atoms with E-state index in [1.165, 1.54) is 18.2 Å². The molecule has 0 spiro atoms. The predicted molar refractivity (Wildman–Crippen MR) is 99.3 cm³/mol. The van der Waals surface area contributed by atoms with E-state index in [4.69, 9.17) is 10.5 Å². The van der Waals surface area contributed by atoms with Crippen LogP contribution in [0.25, 0.3) is 0 Å². The summed E-state index contributed by atoms with van der Waals surface area (Å²) in [4.78, 5) is 12.5. The largest absolute Gasteiger partial charge is 0.480 e. The Labute approximate surface area is 148 Å². The lowest BCUT2D eigenvalue weighted by atomic mass is 9.98. The lowest BCUT2D eigenvalue weighted by molar-refractivity contribution is -0.122. The number of amides is 1. The molecule has 0 heterocycles. The van der Waals surface area contributed by atoms with Gasteiger partial charge in [-0.05, 0) is 48.6 Å². The Bertz CT molecular complexity index is 733. The van der Waals surface area contributed by atoms with E-state index in [1.807, 2.05) is 31.2 Å². The topological polar surface area (TPSA) is 64.3 Å². The van der Waals surface area contributed by atoms with Crippen molar-refractivity contribution in [1.29, 1.82) is 0 Å². The zero-order valence-corrected chi connectivity index (χ0v) is 14.9. The van der Waals surface area contributed by atoms with E-state index in [9.17, 15) is 9.18 Å². The monoisotopic (exact) mass is 344 g/mol. The zero-order valence-electron chi connectivity index (χ0n) is 14.9. The van der Waals surface area contributed by atoms with E-state index in [2.05, 4.69) is 19.2 Å². The van der Waals surface area contributed by atoms with Crippen LogP contribution in [0.4, 0.5) is 15.8 Å². The van der Waals surface area contributed by atoms with Crippen LogP contribution in [0.5, 0.6) is 5.75 Å². The van der Waals surface area contributed by atoms with Crippen LogP contribution in [0.3, 0.4) is 0 Å². The summed E-state index contributed by atoms with van der Waals surface area (Å²) in [5.41, 5.74) is 7.16. The smallest absolute Gasteiger partial charge is 0.265 e. The second-order valence-electron chi connectivity index (χ2n) is 6.09. The Morgan fingerprint density at radius 2 is 1.92 bits per heavy atom. The van der Waals surface area contributed by atoms with Gasteiger partial charge in [0.15, 0.2) is 6.10 Å². The fourth-order valence-corrected chi connectivity index (χ4v) is 2.54. The maximum atomic E-state index is 13.8. The van der Waals surface area contributed by atoms with Crippen LogP contribution < -0.4 is 15.8 Å². The number of rotatable bonds is 7. The number of para-hydroxylation sites is 1. The normalized spacial score (nSPS) is 13.1. The number of ether oxygens (including phenoxy) is 1. The van der Waals surface area contributed by atoms with Crippen molar-refractivity contribution in [3.8, 4) is 5.75 Å². The summed E-state index contributed by atoms with van der Waals surface area (Å²) in [6.07, 6.45) is 0.716. The molecule has 2 rings (SSSR count). The van der Waals surface area contributed by atoms with Gasteiger partial charge in [-0.25, -0.2) is 4.39 Å². The number of hydrogen-bond donors (Lipinski definition) is 2. The summed E-state index contributed by atoms with van der Waals surface area (Å²) in [6.45, 7) is 6.07. The molecule has 0 saturated carbocycles. The van der Waals surface area contributed by atoms with Gasteiger partial charge in [0.2, 0.25) is 0 Å². The molecule has 2 aromatic rings. The van der Waals surface area contributed by atoms with Crippen LogP contribution >= 0.6 is 0 Å². The first kappa shape index (κ1) is 18.8. The van der Waals surface area contributed by atoms with Gasteiger partial charge >= 0.3 is 0 Å². The van der Waals surface area contributed by atoms with Crippen molar-refractivity contribution in [1.82, 2.24) is 0 Å². The number of nitrogen functional groups attached to an aromatic ring is 1. The molecule has 0 saturated heterocycles. The molecule has 134 valence electrons. The molecule has 3 N–H and O–H groups in total. The van der Waals surface area contributed by atoms with Gasteiger partial charge in [-0.2, -0.15) is 0 Å². The van der Waals surface area contributed by atoms with Crippen LogP contribution in [0.2, 0.25) is 0 Å². The third-order valence-corrected chi connectivity index (χ3v) is 4.24. The third kappa shape index (κ3) is 4.72. The number of halogens is 1. The van der Waals surface area contributed by atoms with Crippen molar-refractivity contribution >= 4 is 17.3 Å². The van der Waals surface area contributed by atoms with Gasteiger partial charge in [-0.1, -0.05) is 39.0 Å². The van der Waals surface area contributed by atoms with Gasteiger partial charge < -0.3 is 15.8 Å². The van der Waals surface area contributed by atoms with Crippen molar-refractivity contribution < 1.29 is 13.9 Å². The Hall–Kier alpha value is -2.56. The summed E-state index contributed by atoms with van der Waals surface area (Å²) in [6, 6.07) is 11.8. The Morgan fingerprint density at radius 3 is 2.60 bits per heavy atom. The molecule has 0 aromatic heterocycles. The second-order valence-corrected chi connectivity index (χ2v) is 6.09. The number of nitrogens with one attached hydrogen (secondary N) is 1. The highest BCUT2D eigenvalue weighted by Gasteiger charge is 2.21. The highest BCUT2D eigenvalue weighted by atomic mass is 19.1. The number of hydrogen-bond acceptors (Lipinski definition) is 3. The van der Waals surface area contributed by atoms with Crippen LogP contribution in [0.15, 0.2) is 42.5 Å². The SMILES string of the molecule is CC[C@H](Oc1ccccc1[C@H](C)CC)C(=O)Nc1cc(N)ccc1F. The summed E-state index contributed by atoms with van der Waals surface area (Å²) in [5, 5.41) is 2.57. The first-order valence-corrected chi connectivity index (χ1v) is 8.57. The number of carbonyl (C=O) groups is 1. The lowest BCUT2D eigenvalue weighted by Crippen LogP contribution is -2.33. The fourth-order valence-electron chi connectivity index (χ4n) is 2.54. The quantitative estimate of drug-likeness (QED) is 0.715. The minimum Gasteiger partial charge on any atom is -0.480 e. The standard InChI is InChI=1S/C20H25FN2O2/c1-4-13(3)15-8-6-7-9-19(15)25-18(5-2)20(24)23-17-12-14(22)10-11-16(17)21/h6-13,18H,4-5,22H2,1-3H3,(H,23,24)/t13-,18+/m1/s1. The van der Waals surface area contributed by atoms with E-state index >= 15 is 0 Å². The fraction of sp³-hybridized carbons (Fsp3) is 0.350. The Balaban J connectivity index is 2.17. The molecule has 1 amide bonds. The number of anilines is 2. The van der Waals surface area contributed by atoms with Gasteiger partial charge in [0.05, 0.1) is 5.69 Å². The summed E-state index contributed by atoms with van der Waals surface area (Å²) >= 11 is 0. The minimum absolute atomic E-state index is 0.0576. The molecule has 0 bridgehead atoms. The molecule has 2 aromatic carbocycles. The first-order valence-electron chi connectivity index (χ1n) is 8.57. The molecular formula is C20H25FN2O2. The van der Waals surface area contributed by atoms with Gasteiger partial charge in [-0.15, -0.1) is 0 Å². The molecule has 0 unspecified atom stereocenters. The van der Waals surface area contributed by atoms with Crippen LogP contribution in [0, 0.1) is 5.82 Å². The molecule has 0 radical (unpaired) electrons. The summed E-state index contributed by atoms with van der Waals surface area (Å²) in [7, 11) is 0. The molecule has 5 heteroatoms. The maximum Gasteiger partial charge on any atom is 0.265 e. The third-order valence-electron chi connectivity index (χ3n) is 4.24. The van der Waals surface area contributed by atoms with E-state index < -0.39 is 17.8 Å². The Morgan fingerprint density at radius 1 is 1.20 bits per heavy atom. The molecule has 0 fully saturated rings. The van der Waals surface area contributed by atoms with E-state index in [-0.39, 0.29) is 5.69 Å². The minimum atomic E-state index is -0.717. The first-order chi connectivity index (χ1) is 12.0. The number of benzene rings is 2. The summed E-state index contributed by atoms with van der Waals surface area (Å²) < 4.78 is 19.8. The maximum absolute atomic E-state index is 13.8. The molecule has 4 nitrogen and oxygen atoms in total. The van der Waals surface area contributed by atoms with Crippen molar-refractivity contribution in [2.45, 2.75) is 45.6 Å². The predicted octanol–water partition coefficient (Wildman–Crippen LogP) is 4.72. The van der Waals surface area contributed by atoms with Crippen molar-refractivity contribution in [3.05, 3.63) is 53.8 Å². The van der Waals surface area contributed by atoms with Crippen molar-refractivity contribution in [2.24, 2.45) is 0 Å². The average Bonchev–Trinajstić information content (AvgIpc) is 2.62. The van der Waals surface area contributed by atoms with Gasteiger partial charge in [0, 0.05) is 5.69 Å². The van der Waals surface area contributed by atoms with Crippen LogP contribution in [-0.4, -0.2) is 12.0 Å². The molecule has 0 aliphatic carbocycles. The molecule has 0 aliphatic rings. The average molecular weight is 344 g/mol.